The summed E-state index contributed by atoms with van der Waals surface area (Å²) in [5, 5.41) is 5.32. The minimum absolute atomic E-state index is 0.0747. The molecule has 1 heterocycles. The Labute approximate surface area is 82.3 Å². The number of rotatable bonds is 2. The van der Waals surface area contributed by atoms with Crippen LogP contribution in [0.2, 0.25) is 0 Å². The monoisotopic (exact) mass is 191 g/mol. The standard InChI is InChI=1S/C10H13N3O/c1-7(14-2)13-10-5-9(11)4-3-8(10)6-12-13/h3-7H,11H2,1-2H3. The van der Waals surface area contributed by atoms with Gasteiger partial charge in [0.05, 0.1) is 11.7 Å². The molecule has 2 aromatic rings. The van der Waals surface area contributed by atoms with E-state index in [0.29, 0.717) is 0 Å². The second-order valence-electron chi connectivity index (χ2n) is 3.24. The summed E-state index contributed by atoms with van der Waals surface area (Å²) in [7, 11) is 1.66. The first-order valence-electron chi connectivity index (χ1n) is 4.48. The highest BCUT2D eigenvalue weighted by molar-refractivity contribution is 5.81. The zero-order valence-corrected chi connectivity index (χ0v) is 8.27. The molecule has 2 N–H and O–H groups in total. The smallest absolute Gasteiger partial charge is 0.147 e. The summed E-state index contributed by atoms with van der Waals surface area (Å²) in [5.41, 5.74) is 7.45. The van der Waals surface area contributed by atoms with Gasteiger partial charge in [-0.2, -0.15) is 5.10 Å². The fraction of sp³-hybridized carbons (Fsp3) is 0.300. The molecule has 0 amide bonds. The average molecular weight is 191 g/mol. The van der Waals surface area contributed by atoms with Gasteiger partial charge in [0.15, 0.2) is 0 Å². The molecule has 0 aliphatic carbocycles. The van der Waals surface area contributed by atoms with Gasteiger partial charge in [-0.1, -0.05) is 0 Å². The molecule has 0 aliphatic rings. The van der Waals surface area contributed by atoms with Crippen molar-refractivity contribution in [3.05, 3.63) is 24.4 Å². The largest absolute Gasteiger partial charge is 0.399 e. The molecule has 4 heteroatoms. The van der Waals surface area contributed by atoms with Crippen LogP contribution in [0.5, 0.6) is 0 Å². The minimum atomic E-state index is -0.0747. The minimum Gasteiger partial charge on any atom is -0.399 e. The molecular formula is C10H13N3O. The molecule has 0 bridgehead atoms. The van der Waals surface area contributed by atoms with Gasteiger partial charge in [-0.05, 0) is 25.1 Å². The van der Waals surface area contributed by atoms with Gasteiger partial charge in [0.2, 0.25) is 0 Å². The van der Waals surface area contributed by atoms with Crippen LogP contribution in [0.1, 0.15) is 13.2 Å². The van der Waals surface area contributed by atoms with Gasteiger partial charge >= 0.3 is 0 Å². The van der Waals surface area contributed by atoms with Crippen LogP contribution in [0.15, 0.2) is 24.4 Å². The molecule has 14 heavy (non-hydrogen) atoms. The predicted octanol–water partition coefficient (Wildman–Crippen LogP) is 1.78. The number of methoxy groups -OCH3 is 1. The van der Waals surface area contributed by atoms with Crippen LogP contribution in [0.3, 0.4) is 0 Å². The summed E-state index contributed by atoms with van der Waals surface area (Å²) in [6.45, 7) is 1.94. The molecule has 1 aromatic heterocycles. The van der Waals surface area contributed by atoms with E-state index >= 15 is 0 Å². The number of anilines is 1. The normalized spacial score (nSPS) is 13.3. The van der Waals surface area contributed by atoms with Gasteiger partial charge in [-0.3, -0.25) is 0 Å². The second kappa shape index (κ2) is 3.31. The number of hydrogen-bond donors (Lipinski definition) is 1. The highest BCUT2D eigenvalue weighted by Gasteiger charge is 2.08. The molecule has 0 fully saturated rings. The topological polar surface area (TPSA) is 53.1 Å². The lowest BCUT2D eigenvalue weighted by Gasteiger charge is -2.11. The number of aromatic nitrogens is 2. The number of benzene rings is 1. The Bertz CT molecular complexity index is 450. The first-order valence-corrected chi connectivity index (χ1v) is 4.48. The van der Waals surface area contributed by atoms with E-state index in [1.54, 1.807) is 7.11 Å². The first-order chi connectivity index (χ1) is 6.72. The SMILES string of the molecule is COC(C)n1ncc2ccc(N)cc21. The fourth-order valence-corrected chi connectivity index (χ4v) is 1.44. The molecule has 0 spiro atoms. The number of hydrogen-bond acceptors (Lipinski definition) is 3. The molecule has 1 atom stereocenters. The van der Waals surface area contributed by atoms with E-state index in [2.05, 4.69) is 5.10 Å². The second-order valence-corrected chi connectivity index (χ2v) is 3.24. The van der Waals surface area contributed by atoms with Crippen molar-refractivity contribution in [2.75, 3.05) is 12.8 Å². The molecule has 74 valence electrons. The Hall–Kier alpha value is -1.55. The van der Waals surface area contributed by atoms with Gasteiger partial charge < -0.3 is 10.5 Å². The van der Waals surface area contributed by atoms with Crippen molar-refractivity contribution in [2.45, 2.75) is 13.2 Å². The Kier molecular flexibility index (Phi) is 2.13. The first kappa shape index (κ1) is 9.02. The Morgan fingerprint density at radius 1 is 1.50 bits per heavy atom. The molecule has 0 saturated heterocycles. The molecule has 1 unspecified atom stereocenters. The average Bonchev–Trinajstić information content (AvgIpc) is 2.59. The summed E-state index contributed by atoms with van der Waals surface area (Å²) in [6.07, 6.45) is 1.74. The molecule has 0 saturated carbocycles. The van der Waals surface area contributed by atoms with Crippen molar-refractivity contribution >= 4 is 16.6 Å². The third-order valence-corrected chi connectivity index (χ3v) is 2.31. The molecule has 0 radical (unpaired) electrons. The zero-order chi connectivity index (χ0) is 10.1. The lowest BCUT2D eigenvalue weighted by atomic mass is 10.2. The lowest BCUT2D eigenvalue weighted by Crippen LogP contribution is -2.08. The van der Waals surface area contributed by atoms with Crippen LogP contribution in [-0.4, -0.2) is 16.9 Å². The number of nitrogens with zero attached hydrogens (tertiary/aromatic N) is 2. The quantitative estimate of drug-likeness (QED) is 0.736. The third kappa shape index (κ3) is 1.33. The Morgan fingerprint density at radius 3 is 3.00 bits per heavy atom. The highest BCUT2D eigenvalue weighted by atomic mass is 16.5. The van der Waals surface area contributed by atoms with E-state index in [-0.39, 0.29) is 6.23 Å². The van der Waals surface area contributed by atoms with Crippen LogP contribution in [0, 0.1) is 0 Å². The van der Waals surface area contributed by atoms with Crippen LogP contribution >= 0.6 is 0 Å². The van der Waals surface area contributed by atoms with E-state index in [0.717, 1.165) is 16.6 Å². The van der Waals surface area contributed by atoms with Gasteiger partial charge in [0, 0.05) is 18.2 Å². The lowest BCUT2D eigenvalue weighted by molar-refractivity contribution is 0.0539. The van der Waals surface area contributed by atoms with E-state index in [4.69, 9.17) is 10.5 Å². The molecule has 1 aromatic carbocycles. The summed E-state index contributed by atoms with van der Waals surface area (Å²) >= 11 is 0. The molecule has 4 nitrogen and oxygen atoms in total. The summed E-state index contributed by atoms with van der Waals surface area (Å²) in [6, 6.07) is 5.72. The van der Waals surface area contributed by atoms with E-state index in [1.807, 2.05) is 36.0 Å². The Morgan fingerprint density at radius 2 is 2.29 bits per heavy atom. The van der Waals surface area contributed by atoms with E-state index in [1.165, 1.54) is 0 Å². The van der Waals surface area contributed by atoms with Crippen molar-refractivity contribution in [1.29, 1.82) is 0 Å². The van der Waals surface area contributed by atoms with E-state index < -0.39 is 0 Å². The number of nitrogen functional groups attached to an aromatic ring is 1. The van der Waals surface area contributed by atoms with Crippen molar-refractivity contribution < 1.29 is 4.74 Å². The van der Waals surface area contributed by atoms with Crippen LogP contribution in [-0.2, 0) is 4.74 Å². The van der Waals surface area contributed by atoms with Crippen molar-refractivity contribution in [2.24, 2.45) is 0 Å². The number of ether oxygens (including phenoxy) is 1. The summed E-state index contributed by atoms with van der Waals surface area (Å²) in [5.74, 6) is 0. The van der Waals surface area contributed by atoms with E-state index in [9.17, 15) is 0 Å². The van der Waals surface area contributed by atoms with Crippen LogP contribution in [0.25, 0.3) is 10.9 Å². The maximum atomic E-state index is 5.71. The van der Waals surface area contributed by atoms with Gasteiger partial charge in [-0.25, -0.2) is 4.68 Å². The van der Waals surface area contributed by atoms with Gasteiger partial charge in [0.25, 0.3) is 0 Å². The molecule has 0 aliphatic heterocycles. The highest BCUT2D eigenvalue weighted by Crippen LogP contribution is 2.20. The number of nitrogens with two attached hydrogens (primary N) is 1. The van der Waals surface area contributed by atoms with Crippen LogP contribution in [0.4, 0.5) is 5.69 Å². The summed E-state index contributed by atoms with van der Waals surface area (Å²) in [4.78, 5) is 0. The Balaban J connectivity index is 2.61. The van der Waals surface area contributed by atoms with Crippen molar-refractivity contribution in [3.63, 3.8) is 0 Å². The maximum absolute atomic E-state index is 5.71. The van der Waals surface area contributed by atoms with Crippen molar-refractivity contribution in [3.8, 4) is 0 Å². The summed E-state index contributed by atoms with van der Waals surface area (Å²) < 4.78 is 7.01. The van der Waals surface area contributed by atoms with Crippen molar-refractivity contribution in [1.82, 2.24) is 9.78 Å². The van der Waals surface area contributed by atoms with Gasteiger partial charge in [-0.15, -0.1) is 0 Å². The number of fused-ring (bicyclic) bond motifs is 1. The molecular weight excluding hydrogens is 178 g/mol. The third-order valence-electron chi connectivity index (χ3n) is 2.31. The van der Waals surface area contributed by atoms with Gasteiger partial charge in [0.1, 0.15) is 6.23 Å². The molecule has 2 rings (SSSR count). The fourth-order valence-electron chi connectivity index (χ4n) is 1.44. The van der Waals surface area contributed by atoms with Crippen LogP contribution < -0.4 is 5.73 Å². The zero-order valence-electron chi connectivity index (χ0n) is 8.27. The maximum Gasteiger partial charge on any atom is 0.147 e. The predicted molar refractivity (Wildman–Crippen MR) is 55.9 cm³/mol.